The molecule has 0 heterocycles. The third-order valence-corrected chi connectivity index (χ3v) is 3.31. The molecule has 0 saturated carbocycles. The Labute approximate surface area is 124 Å². The molecule has 0 radical (unpaired) electrons. The van der Waals surface area contributed by atoms with Gasteiger partial charge in [-0.15, -0.1) is 13.0 Å². The van der Waals surface area contributed by atoms with Gasteiger partial charge in [0, 0.05) is 12.0 Å². The van der Waals surface area contributed by atoms with Gasteiger partial charge in [0.25, 0.3) is 0 Å². The van der Waals surface area contributed by atoms with Crippen LogP contribution < -0.4 is 0 Å². The Morgan fingerprint density at radius 2 is 1.86 bits per heavy atom. The van der Waals surface area contributed by atoms with Crippen molar-refractivity contribution >= 4 is 11.9 Å². The number of methoxy groups -OCH3 is 2. The number of terminal acetylenes is 1. The molecule has 0 saturated heterocycles. The average molecular weight is 286 g/mol. The minimum atomic E-state index is -1.47. The van der Waals surface area contributed by atoms with Gasteiger partial charge in [0.05, 0.1) is 14.2 Å². The lowest BCUT2D eigenvalue weighted by molar-refractivity contribution is -0.168. The maximum atomic E-state index is 12.2. The van der Waals surface area contributed by atoms with E-state index in [2.05, 4.69) is 12.5 Å². The van der Waals surface area contributed by atoms with Gasteiger partial charge in [-0.2, -0.15) is 0 Å². The number of carbonyl (C=O) groups is 2. The average Bonchev–Trinajstić information content (AvgIpc) is 2.53. The number of hydrogen-bond donors (Lipinski definition) is 0. The lowest BCUT2D eigenvalue weighted by atomic mass is 9.77. The van der Waals surface area contributed by atoms with Crippen LogP contribution in [0.1, 0.15) is 17.5 Å². The van der Waals surface area contributed by atoms with E-state index in [1.54, 1.807) is 24.3 Å². The number of rotatable bonds is 6. The van der Waals surface area contributed by atoms with E-state index in [9.17, 15) is 9.59 Å². The second kappa shape index (κ2) is 7.30. The van der Waals surface area contributed by atoms with Gasteiger partial charge in [-0.05, 0) is 18.1 Å². The van der Waals surface area contributed by atoms with E-state index in [1.807, 2.05) is 0 Å². The van der Waals surface area contributed by atoms with Crippen molar-refractivity contribution in [2.75, 3.05) is 14.2 Å². The van der Waals surface area contributed by atoms with Crippen molar-refractivity contribution in [3.8, 4) is 12.3 Å². The molecule has 0 N–H and O–H groups in total. The second-order valence-electron chi connectivity index (χ2n) is 4.54. The topological polar surface area (TPSA) is 52.6 Å². The highest BCUT2D eigenvalue weighted by Gasteiger charge is 2.47. The molecule has 0 fully saturated rings. The third-order valence-electron chi connectivity index (χ3n) is 3.31. The molecule has 1 rings (SSSR count). The second-order valence-corrected chi connectivity index (χ2v) is 4.54. The van der Waals surface area contributed by atoms with Crippen molar-refractivity contribution in [3.63, 3.8) is 0 Å². The molecule has 0 bridgehead atoms. The van der Waals surface area contributed by atoms with E-state index in [-0.39, 0.29) is 12.8 Å². The van der Waals surface area contributed by atoms with E-state index >= 15 is 0 Å². The van der Waals surface area contributed by atoms with Gasteiger partial charge in [-0.1, -0.05) is 30.2 Å². The smallest absolute Gasteiger partial charge is 0.323 e. The summed E-state index contributed by atoms with van der Waals surface area (Å²) in [6, 6.07) is 7.12. The molecule has 21 heavy (non-hydrogen) atoms. The van der Waals surface area contributed by atoms with Crippen molar-refractivity contribution < 1.29 is 19.1 Å². The molecule has 0 atom stereocenters. The van der Waals surface area contributed by atoms with Crippen molar-refractivity contribution in [2.45, 2.75) is 12.8 Å². The van der Waals surface area contributed by atoms with Crippen LogP contribution in [-0.4, -0.2) is 26.2 Å². The fourth-order valence-electron chi connectivity index (χ4n) is 2.24. The number of hydrogen-bond acceptors (Lipinski definition) is 4. The summed E-state index contributed by atoms with van der Waals surface area (Å²) in [6.45, 7) is 3.61. The summed E-state index contributed by atoms with van der Waals surface area (Å²) in [5.41, 5.74) is -0.144. The first-order chi connectivity index (χ1) is 10.1. The van der Waals surface area contributed by atoms with Crippen LogP contribution in [0.2, 0.25) is 0 Å². The van der Waals surface area contributed by atoms with Crippen LogP contribution in [0.5, 0.6) is 0 Å². The molecule has 4 nitrogen and oxygen atoms in total. The third kappa shape index (κ3) is 3.32. The lowest BCUT2D eigenvalue weighted by Crippen LogP contribution is -2.43. The van der Waals surface area contributed by atoms with E-state index in [0.29, 0.717) is 11.1 Å². The van der Waals surface area contributed by atoms with Crippen molar-refractivity contribution in [2.24, 2.45) is 5.41 Å². The highest BCUT2D eigenvalue weighted by Crippen LogP contribution is 2.32. The van der Waals surface area contributed by atoms with E-state index in [1.165, 1.54) is 20.3 Å². The number of allylic oxidation sites excluding steroid dienone is 1. The quantitative estimate of drug-likeness (QED) is 0.348. The summed E-state index contributed by atoms with van der Waals surface area (Å²) < 4.78 is 9.60. The molecule has 110 valence electrons. The molecule has 0 aliphatic rings. The predicted molar refractivity (Wildman–Crippen MR) is 79.4 cm³/mol. The number of esters is 2. The summed E-state index contributed by atoms with van der Waals surface area (Å²) in [6.07, 6.45) is 7.15. The molecule has 0 aromatic heterocycles. The predicted octanol–water partition coefficient (Wildman–Crippen LogP) is 2.12. The van der Waals surface area contributed by atoms with Crippen LogP contribution in [0.4, 0.5) is 0 Å². The fraction of sp³-hybridized carbons (Fsp3) is 0.294. The Bertz CT molecular complexity index is 565. The maximum Gasteiger partial charge on any atom is 0.323 e. The molecule has 0 unspecified atom stereocenters. The van der Waals surface area contributed by atoms with Crippen molar-refractivity contribution in [1.29, 1.82) is 0 Å². The zero-order chi connectivity index (χ0) is 15.9. The first-order valence-corrected chi connectivity index (χ1v) is 6.38. The molecular weight excluding hydrogens is 268 g/mol. The Kier molecular flexibility index (Phi) is 5.74. The molecule has 1 aromatic carbocycles. The van der Waals surface area contributed by atoms with Gasteiger partial charge in [0.1, 0.15) is 0 Å². The normalized spacial score (nSPS) is 10.3. The maximum absolute atomic E-state index is 12.2. The van der Waals surface area contributed by atoms with Crippen molar-refractivity contribution in [1.82, 2.24) is 0 Å². The summed E-state index contributed by atoms with van der Waals surface area (Å²) >= 11 is 0. The van der Waals surface area contributed by atoms with Gasteiger partial charge in [0.15, 0.2) is 5.41 Å². The highest BCUT2D eigenvalue weighted by molar-refractivity contribution is 6.00. The van der Waals surface area contributed by atoms with Crippen LogP contribution in [0.25, 0.3) is 0 Å². The molecule has 1 aromatic rings. The van der Waals surface area contributed by atoms with Gasteiger partial charge in [-0.25, -0.2) is 0 Å². The number of carbonyl (C=O) groups excluding carboxylic acids is 2. The van der Waals surface area contributed by atoms with Gasteiger partial charge in [-0.3, -0.25) is 9.59 Å². The molecule has 0 amide bonds. The minimum Gasteiger partial charge on any atom is -0.468 e. The van der Waals surface area contributed by atoms with Crippen molar-refractivity contribution in [3.05, 3.63) is 48.0 Å². The summed E-state index contributed by atoms with van der Waals surface area (Å²) in [4.78, 5) is 24.4. The fourth-order valence-corrected chi connectivity index (χ4v) is 2.24. The summed E-state index contributed by atoms with van der Waals surface area (Å²) in [5.74, 6) is 1.21. The monoisotopic (exact) mass is 286 g/mol. The van der Waals surface area contributed by atoms with E-state index in [4.69, 9.17) is 15.9 Å². The first kappa shape index (κ1) is 16.5. The van der Waals surface area contributed by atoms with E-state index in [0.717, 1.165) is 0 Å². The summed E-state index contributed by atoms with van der Waals surface area (Å²) in [7, 11) is 2.46. The molecular formula is C17H18O4. The van der Waals surface area contributed by atoms with Crippen LogP contribution in [0.3, 0.4) is 0 Å². The molecule has 4 heteroatoms. The minimum absolute atomic E-state index is 0.0960. The molecule has 0 aliphatic carbocycles. The van der Waals surface area contributed by atoms with Gasteiger partial charge >= 0.3 is 11.9 Å². The zero-order valence-electron chi connectivity index (χ0n) is 12.2. The molecule has 0 aliphatic heterocycles. The van der Waals surface area contributed by atoms with Gasteiger partial charge in [0.2, 0.25) is 0 Å². The Hall–Kier alpha value is -2.54. The first-order valence-electron chi connectivity index (χ1n) is 6.38. The van der Waals surface area contributed by atoms with Crippen LogP contribution in [-0.2, 0) is 25.5 Å². The lowest BCUT2D eigenvalue weighted by Gasteiger charge is -2.27. The summed E-state index contributed by atoms with van der Waals surface area (Å²) in [5, 5.41) is 0. The van der Waals surface area contributed by atoms with Crippen LogP contribution >= 0.6 is 0 Å². The Morgan fingerprint density at radius 1 is 1.29 bits per heavy atom. The Balaban J connectivity index is 3.36. The van der Waals surface area contributed by atoms with Crippen LogP contribution in [0.15, 0.2) is 36.9 Å². The SMILES string of the molecule is C#Cc1ccccc1CC(CC=C)(C(=O)OC)C(=O)OC. The largest absolute Gasteiger partial charge is 0.468 e. The van der Waals surface area contributed by atoms with E-state index < -0.39 is 17.4 Å². The zero-order valence-corrected chi connectivity index (χ0v) is 12.2. The standard InChI is InChI=1S/C17H18O4/c1-5-11-17(15(18)20-3,16(19)21-4)12-14-10-8-7-9-13(14)6-2/h2,5,7-10H,1,11-12H2,3-4H3. The highest BCUT2D eigenvalue weighted by atomic mass is 16.5. The van der Waals surface area contributed by atoms with Gasteiger partial charge < -0.3 is 9.47 Å². The number of benzene rings is 1. The number of ether oxygens (including phenoxy) is 2. The molecule has 0 spiro atoms. The van der Waals surface area contributed by atoms with Crippen LogP contribution in [0, 0.1) is 17.8 Å². The Morgan fingerprint density at radius 3 is 2.33 bits per heavy atom.